The second kappa shape index (κ2) is 9.54. The topological polar surface area (TPSA) is 76.5 Å². The lowest BCUT2D eigenvalue weighted by Crippen LogP contribution is -2.46. The zero-order chi connectivity index (χ0) is 25.4. The van der Waals surface area contributed by atoms with Gasteiger partial charge in [0.2, 0.25) is 0 Å². The highest BCUT2D eigenvalue weighted by Gasteiger charge is 2.30. The van der Waals surface area contributed by atoms with E-state index in [1.165, 1.54) is 13.0 Å². The lowest BCUT2D eigenvalue weighted by molar-refractivity contribution is -0.00563. The number of aromatic nitrogens is 2. The van der Waals surface area contributed by atoms with Crippen LogP contribution in [0.4, 0.5) is 21.7 Å². The molecule has 1 aliphatic rings. The van der Waals surface area contributed by atoms with Crippen LogP contribution in [0.25, 0.3) is 16.7 Å². The van der Waals surface area contributed by atoms with Crippen LogP contribution in [0, 0.1) is 5.82 Å². The zero-order valence-electron chi connectivity index (χ0n) is 20.4. The molecule has 0 radical (unpaired) electrons. The summed E-state index contributed by atoms with van der Waals surface area (Å²) in [5.41, 5.74) is 0.959. The highest BCUT2D eigenvalue weighted by atomic mass is 19.1. The number of pyridine rings is 2. The fraction of sp³-hybridized carbons (Fsp3) is 0.250. The number of carbonyl (C=O) groups excluding carboxylic acids is 1. The van der Waals surface area contributed by atoms with Crippen LogP contribution in [0.5, 0.6) is 0 Å². The maximum absolute atomic E-state index is 15.9. The van der Waals surface area contributed by atoms with Crippen molar-refractivity contribution in [2.75, 3.05) is 23.3 Å². The van der Waals surface area contributed by atoms with Crippen molar-refractivity contribution in [3.8, 4) is 5.69 Å². The molecule has 2 atom stereocenters. The highest BCUT2D eigenvalue weighted by molar-refractivity contribution is 6.07. The van der Waals surface area contributed by atoms with Crippen LogP contribution in [0.1, 0.15) is 32.6 Å². The molecule has 1 N–H and O–H groups in total. The molecule has 5 rings (SSSR count). The standard InChI is InChI=1S/C28H27FN4O3.H2/c1-17-15-32(16-18(2)36-17)28-26(29)24(19(3)34)25-22(35)14-23(30-20-10-6-4-7-11-20)33(27(25)31-28)21-12-8-5-9-13-21;/h4-14,17-18,30H,15-16H2,1-3H3;1H/t17-,18+;. The smallest absolute Gasteiger partial charge is 0.194 e. The number of benzene rings is 2. The number of fused-ring (bicyclic) bond motifs is 1. The Morgan fingerprint density at radius 2 is 1.67 bits per heavy atom. The molecule has 0 amide bonds. The largest absolute Gasteiger partial charge is 0.372 e. The summed E-state index contributed by atoms with van der Waals surface area (Å²) >= 11 is 0. The lowest BCUT2D eigenvalue weighted by Gasteiger charge is -2.36. The summed E-state index contributed by atoms with van der Waals surface area (Å²) < 4.78 is 23.5. The van der Waals surface area contributed by atoms with Gasteiger partial charge in [0.15, 0.2) is 28.5 Å². The summed E-state index contributed by atoms with van der Waals surface area (Å²) in [5.74, 6) is -0.823. The number of hydrogen-bond donors (Lipinski definition) is 1. The maximum atomic E-state index is 15.9. The SMILES string of the molecule is CC(=O)c1c(F)c(N2C[C@@H](C)O[C@@H](C)C2)nc2c1c(=O)cc(Nc1ccccc1)n2-c1ccccc1.[HH]. The molecule has 4 aromatic rings. The molecule has 186 valence electrons. The second-order valence-corrected chi connectivity index (χ2v) is 9.10. The van der Waals surface area contributed by atoms with Gasteiger partial charge in [-0.15, -0.1) is 0 Å². The van der Waals surface area contributed by atoms with Crippen molar-refractivity contribution in [1.29, 1.82) is 0 Å². The van der Waals surface area contributed by atoms with Crippen LogP contribution in [0.15, 0.2) is 71.5 Å². The van der Waals surface area contributed by atoms with Gasteiger partial charge in [0.1, 0.15) is 5.82 Å². The average molecular weight is 489 g/mol. The van der Waals surface area contributed by atoms with Crippen molar-refractivity contribution in [3.63, 3.8) is 0 Å². The number of nitrogens with zero attached hydrogens (tertiary/aromatic N) is 3. The molecule has 0 aliphatic carbocycles. The van der Waals surface area contributed by atoms with E-state index in [2.05, 4.69) is 5.32 Å². The van der Waals surface area contributed by atoms with E-state index in [4.69, 9.17) is 9.72 Å². The van der Waals surface area contributed by atoms with Gasteiger partial charge >= 0.3 is 0 Å². The molecule has 8 heteroatoms. The Morgan fingerprint density at radius 1 is 1.06 bits per heavy atom. The number of hydrogen-bond acceptors (Lipinski definition) is 6. The first-order valence-corrected chi connectivity index (χ1v) is 11.9. The minimum Gasteiger partial charge on any atom is -0.372 e. The van der Waals surface area contributed by atoms with Gasteiger partial charge in [-0.2, -0.15) is 0 Å². The number of halogens is 1. The third kappa shape index (κ3) is 4.35. The molecule has 3 heterocycles. The number of para-hydroxylation sites is 2. The van der Waals surface area contributed by atoms with Crippen molar-refractivity contribution in [2.24, 2.45) is 0 Å². The molecule has 0 saturated carbocycles. The van der Waals surface area contributed by atoms with Crippen LogP contribution in [0.3, 0.4) is 0 Å². The first-order valence-electron chi connectivity index (χ1n) is 11.9. The Bertz CT molecular complexity index is 1480. The first kappa shape index (κ1) is 23.7. The van der Waals surface area contributed by atoms with E-state index < -0.39 is 17.0 Å². The molecule has 0 spiro atoms. The molecule has 0 bridgehead atoms. The van der Waals surface area contributed by atoms with Gasteiger partial charge in [0, 0.05) is 32.0 Å². The predicted octanol–water partition coefficient (Wildman–Crippen LogP) is 5.33. The van der Waals surface area contributed by atoms with Gasteiger partial charge in [-0.1, -0.05) is 36.4 Å². The lowest BCUT2D eigenvalue weighted by atomic mass is 10.1. The zero-order valence-corrected chi connectivity index (χ0v) is 20.4. The van der Waals surface area contributed by atoms with Gasteiger partial charge in [-0.05, 0) is 45.0 Å². The normalized spacial score (nSPS) is 17.8. The predicted molar refractivity (Wildman–Crippen MR) is 141 cm³/mol. The molecule has 1 saturated heterocycles. The van der Waals surface area contributed by atoms with Crippen molar-refractivity contribution in [3.05, 3.63) is 88.3 Å². The van der Waals surface area contributed by atoms with Crippen LogP contribution >= 0.6 is 0 Å². The first-order chi connectivity index (χ1) is 17.3. The number of rotatable bonds is 5. The molecule has 7 nitrogen and oxygen atoms in total. The summed E-state index contributed by atoms with van der Waals surface area (Å²) in [4.78, 5) is 32.6. The minimum absolute atomic E-state index is 0. The molecule has 1 fully saturated rings. The summed E-state index contributed by atoms with van der Waals surface area (Å²) in [6.07, 6.45) is -0.289. The maximum Gasteiger partial charge on any atom is 0.194 e. The summed E-state index contributed by atoms with van der Waals surface area (Å²) in [6.45, 7) is 5.92. The number of ketones is 1. The summed E-state index contributed by atoms with van der Waals surface area (Å²) in [7, 11) is 0. The van der Waals surface area contributed by atoms with E-state index in [1.807, 2.05) is 74.5 Å². The Kier molecular flexibility index (Phi) is 6.28. The fourth-order valence-electron chi connectivity index (χ4n) is 4.80. The van der Waals surface area contributed by atoms with E-state index in [0.717, 1.165) is 5.69 Å². The van der Waals surface area contributed by atoms with Gasteiger partial charge in [-0.25, -0.2) is 9.37 Å². The number of ether oxygens (including phenoxy) is 1. The molecule has 0 unspecified atom stereocenters. The third-order valence-corrected chi connectivity index (χ3v) is 6.20. The van der Waals surface area contributed by atoms with Gasteiger partial charge in [0.05, 0.1) is 23.2 Å². The number of Topliss-reactive ketones (excluding diaryl/α,β-unsaturated/α-hetero) is 1. The monoisotopic (exact) mass is 488 g/mol. The third-order valence-electron chi connectivity index (χ3n) is 6.20. The molecule has 1 aliphatic heterocycles. The minimum atomic E-state index is -0.781. The van der Waals surface area contributed by atoms with Crippen LogP contribution in [-0.2, 0) is 4.74 Å². The molecule has 2 aromatic carbocycles. The van der Waals surface area contributed by atoms with Crippen LogP contribution in [-0.4, -0.2) is 40.6 Å². The Morgan fingerprint density at radius 3 is 2.28 bits per heavy atom. The van der Waals surface area contributed by atoms with Gasteiger partial charge in [0.25, 0.3) is 0 Å². The van der Waals surface area contributed by atoms with E-state index in [9.17, 15) is 9.59 Å². The van der Waals surface area contributed by atoms with E-state index in [1.54, 1.807) is 9.47 Å². The summed E-state index contributed by atoms with van der Waals surface area (Å²) in [5, 5.41) is 3.25. The number of nitrogens with one attached hydrogen (secondary N) is 1. The Balaban J connectivity index is 0.00000320. The average Bonchev–Trinajstić information content (AvgIpc) is 2.84. The van der Waals surface area contributed by atoms with Crippen LogP contribution in [0.2, 0.25) is 0 Å². The van der Waals surface area contributed by atoms with Crippen LogP contribution < -0.4 is 15.6 Å². The summed E-state index contributed by atoms with van der Waals surface area (Å²) in [6, 6.07) is 20.2. The molecular weight excluding hydrogens is 459 g/mol. The number of morpholine rings is 1. The highest BCUT2D eigenvalue weighted by Crippen LogP contribution is 2.32. The number of carbonyl (C=O) groups is 1. The van der Waals surface area contributed by atoms with Crippen molar-refractivity contribution < 1.29 is 15.3 Å². The molecule has 2 aromatic heterocycles. The van der Waals surface area contributed by atoms with Crippen molar-refractivity contribution in [2.45, 2.75) is 33.0 Å². The van der Waals surface area contributed by atoms with E-state index >= 15 is 4.39 Å². The molecular formula is C28H29FN4O3. The quantitative estimate of drug-likeness (QED) is 0.383. The van der Waals surface area contributed by atoms with E-state index in [-0.39, 0.29) is 36.0 Å². The van der Waals surface area contributed by atoms with Crippen molar-refractivity contribution in [1.82, 2.24) is 9.55 Å². The molecule has 36 heavy (non-hydrogen) atoms. The Labute approximate surface area is 209 Å². The second-order valence-electron chi connectivity index (χ2n) is 9.10. The number of anilines is 3. The van der Waals surface area contributed by atoms with E-state index in [0.29, 0.717) is 24.6 Å². The Hall–Kier alpha value is -4.04. The van der Waals surface area contributed by atoms with Gasteiger partial charge < -0.3 is 15.0 Å². The van der Waals surface area contributed by atoms with Gasteiger partial charge in [-0.3, -0.25) is 14.2 Å². The van der Waals surface area contributed by atoms with Crippen molar-refractivity contribution >= 4 is 34.1 Å². The fourth-order valence-corrected chi connectivity index (χ4v) is 4.80.